The predicted molar refractivity (Wildman–Crippen MR) is 79.2 cm³/mol. The van der Waals surface area contributed by atoms with E-state index in [0.29, 0.717) is 0 Å². The fraction of sp³-hybridized carbons (Fsp3) is 0.769. The van der Waals surface area contributed by atoms with Crippen LogP contribution in [0.3, 0.4) is 0 Å². The van der Waals surface area contributed by atoms with Crippen LogP contribution in [-0.4, -0.2) is 15.8 Å². The van der Waals surface area contributed by atoms with Crippen LogP contribution in [0.2, 0.25) is 0 Å². The zero-order valence-corrected chi connectivity index (χ0v) is 13.6. The normalized spacial score (nSPS) is 13.9. The lowest BCUT2D eigenvalue weighted by Crippen LogP contribution is -2.40. The van der Waals surface area contributed by atoms with Gasteiger partial charge in [0.25, 0.3) is 0 Å². The van der Waals surface area contributed by atoms with Crippen molar-refractivity contribution in [2.24, 2.45) is 11.3 Å². The summed E-state index contributed by atoms with van der Waals surface area (Å²) >= 11 is 3.63. The Morgan fingerprint density at radius 1 is 1.44 bits per heavy atom. The number of nitrogens with one attached hydrogen (secondary N) is 1. The molecule has 0 aliphatic carbocycles. The third-order valence-corrected chi connectivity index (χ3v) is 4.02. The number of aryl methyl sites for hydroxylation is 2. The molecular weight excluding hydrogens is 292 g/mol. The molecule has 1 unspecified atom stereocenters. The molecule has 0 spiro atoms. The van der Waals surface area contributed by atoms with Gasteiger partial charge in [0.2, 0.25) is 0 Å². The van der Waals surface area contributed by atoms with E-state index in [0.717, 1.165) is 29.6 Å². The third-order valence-electron chi connectivity index (χ3n) is 2.99. The highest BCUT2D eigenvalue weighted by molar-refractivity contribution is 9.10. The zero-order valence-electron chi connectivity index (χ0n) is 12.0. The molecule has 4 nitrogen and oxygen atoms in total. The number of aromatic nitrogens is 2. The molecule has 0 saturated heterocycles. The van der Waals surface area contributed by atoms with E-state index in [1.54, 1.807) is 0 Å². The van der Waals surface area contributed by atoms with Crippen molar-refractivity contribution >= 4 is 15.9 Å². The molecule has 1 heterocycles. The number of hydrogen-bond acceptors (Lipinski definition) is 3. The smallest absolute Gasteiger partial charge is 0.0738 e. The molecule has 1 aromatic heterocycles. The second-order valence-electron chi connectivity index (χ2n) is 5.99. The van der Waals surface area contributed by atoms with Gasteiger partial charge in [-0.3, -0.25) is 16.0 Å². The van der Waals surface area contributed by atoms with Crippen molar-refractivity contribution in [3.8, 4) is 0 Å². The Morgan fingerprint density at radius 2 is 2.06 bits per heavy atom. The van der Waals surface area contributed by atoms with E-state index in [1.165, 1.54) is 5.69 Å². The van der Waals surface area contributed by atoms with Crippen LogP contribution in [0.4, 0.5) is 0 Å². The standard InChI is InChI=1S/C13H25BrN4/c1-6-18-11(12(14)9(2)17-18)7-10(16-15)8-13(3,4)5/h10,16H,6-8,15H2,1-5H3. The molecule has 3 N–H and O–H groups in total. The highest BCUT2D eigenvalue weighted by Crippen LogP contribution is 2.26. The summed E-state index contributed by atoms with van der Waals surface area (Å²) in [6, 6.07) is 0.266. The molecule has 5 heteroatoms. The molecule has 0 amide bonds. The van der Waals surface area contributed by atoms with E-state index in [1.807, 2.05) is 11.6 Å². The minimum atomic E-state index is 0.260. The van der Waals surface area contributed by atoms with Crippen LogP contribution in [0.15, 0.2) is 4.47 Å². The molecule has 1 atom stereocenters. The summed E-state index contributed by atoms with van der Waals surface area (Å²) in [5, 5.41) is 4.51. The molecule has 1 rings (SSSR count). The average molecular weight is 317 g/mol. The van der Waals surface area contributed by atoms with Crippen LogP contribution in [0.5, 0.6) is 0 Å². The maximum Gasteiger partial charge on any atom is 0.0738 e. The van der Waals surface area contributed by atoms with Crippen LogP contribution >= 0.6 is 15.9 Å². The van der Waals surface area contributed by atoms with Gasteiger partial charge in [-0.1, -0.05) is 20.8 Å². The fourth-order valence-electron chi connectivity index (χ4n) is 2.23. The maximum absolute atomic E-state index is 5.68. The third kappa shape index (κ3) is 4.07. The van der Waals surface area contributed by atoms with Gasteiger partial charge in [-0.05, 0) is 41.6 Å². The first-order chi connectivity index (χ1) is 8.28. The molecule has 0 fully saturated rings. The second kappa shape index (κ2) is 6.17. The summed E-state index contributed by atoms with van der Waals surface area (Å²) in [7, 11) is 0. The molecular formula is C13H25BrN4. The first kappa shape index (κ1) is 15.7. The van der Waals surface area contributed by atoms with Gasteiger partial charge < -0.3 is 0 Å². The summed E-state index contributed by atoms with van der Waals surface area (Å²) < 4.78 is 3.16. The van der Waals surface area contributed by atoms with Crippen LogP contribution < -0.4 is 11.3 Å². The topological polar surface area (TPSA) is 55.9 Å². The Bertz CT molecular complexity index is 392. The predicted octanol–water partition coefficient (Wildman–Crippen LogP) is 2.78. The SMILES string of the molecule is CCn1nc(C)c(Br)c1CC(CC(C)(C)C)NN. The summed E-state index contributed by atoms with van der Waals surface area (Å²) in [6.45, 7) is 11.7. The number of hydrogen-bond donors (Lipinski definition) is 2. The van der Waals surface area contributed by atoms with Gasteiger partial charge >= 0.3 is 0 Å². The van der Waals surface area contributed by atoms with Gasteiger partial charge in [-0.25, -0.2) is 0 Å². The summed E-state index contributed by atoms with van der Waals surface area (Å²) in [4.78, 5) is 0. The van der Waals surface area contributed by atoms with Gasteiger partial charge in [0.1, 0.15) is 0 Å². The van der Waals surface area contributed by atoms with E-state index in [9.17, 15) is 0 Å². The van der Waals surface area contributed by atoms with Crippen molar-refractivity contribution in [3.63, 3.8) is 0 Å². The van der Waals surface area contributed by atoms with Crippen LogP contribution in [0.25, 0.3) is 0 Å². The number of nitrogens with two attached hydrogens (primary N) is 1. The Kier molecular flexibility index (Phi) is 5.37. The molecule has 0 aliphatic heterocycles. The lowest BCUT2D eigenvalue weighted by atomic mass is 9.87. The van der Waals surface area contributed by atoms with Gasteiger partial charge in [-0.15, -0.1) is 0 Å². The van der Waals surface area contributed by atoms with Gasteiger partial charge in [0, 0.05) is 19.0 Å². The first-order valence-corrected chi connectivity index (χ1v) is 7.25. The van der Waals surface area contributed by atoms with E-state index in [4.69, 9.17) is 5.84 Å². The van der Waals surface area contributed by atoms with Crippen molar-refractivity contribution < 1.29 is 0 Å². The molecule has 0 aliphatic rings. The number of nitrogens with zero attached hydrogens (tertiary/aromatic N) is 2. The average Bonchev–Trinajstić information content (AvgIpc) is 2.53. The van der Waals surface area contributed by atoms with Crippen molar-refractivity contribution in [2.45, 2.75) is 60.0 Å². The van der Waals surface area contributed by atoms with Gasteiger partial charge in [0.15, 0.2) is 0 Å². The molecule has 0 aromatic carbocycles. The Hall–Kier alpha value is -0.390. The van der Waals surface area contributed by atoms with Gasteiger partial charge in [0.05, 0.1) is 15.9 Å². The minimum Gasteiger partial charge on any atom is -0.271 e. The lowest BCUT2D eigenvalue weighted by molar-refractivity contribution is 0.305. The largest absolute Gasteiger partial charge is 0.271 e. The summed E-state index contributed by atoms with van der Waals surface area (Å²) in [5.41, 5.74) is 5.46. The van der Waals surface area contributed by atoms with E-state index < -0.39 is 0 Å². The number of rotatable bonds is 5. The summed E-state index contributed by atoms with van der Waals surface area (Å²) in [6.07, 6.45) is 1.92. The highest BCUT2D eigenvalue weighted by Gasteiger charge is 2.21. The van der Waals surface area contributed by atoms with Crippen molar-refractivity contribution in [1.82, 2.24) is 15.2 Å². The zero-order chi connectivity index (χ0) is 13.9. The molecule has 0 saturated carbocycles. The quantitative estimate of drug-likeness (QED) is 0.648. The van der Waals surface area contributed by atoms with Crippen LogP contribution in [0.1, 0.15) is 45.5 Å². The van der Waals surface area contributed by atoms with Crippen molar-refractivity contribution in [2.75, 3.05) is 0 Å². The summed E-state index contributed by atoms with van der Waals surface area (Å²) in [5.74, 6) is 5.68. The minimum absolute atomic E-state index is 0.260. The van der Waals surface area contributed by atoms with Crippen LogP contribution in [-0.2, 0) is 13.0 Å². The Morgan fingerprint density at radius 3 is 2.50 bits per heavy atom. The van der Waals surface area contributed by atoms with E-state index in [-0.39, 0.29) is 11.5 Å². The Labute approximate surface area is 118 Å². The lowest BCUT2D eigenvalue weighted by Gasteiger charge is -2.25. The first-order valence-electron chi connectivity index (χ1n) is 6.46. The van der Waals surface area contributed by atoms with Crippen LogP contribution in [0, 0.1) is 12.3 Å². The number of hydrazine groups is 1. The molecule has 0 radical (unpaired) electrons. The molecule has 18 heavy (non-hydrogen) atoms. The maximum atomic E-state index is 5.68. The highest BCUT2D eigenvalue weighted by atomic mass is 79.9. The van der Waals surface area contributed by atoms with E-state index in [2.05, 4.69) is 54.1 Å². The molecule has 104 valence electrons. The second-order valence-corrected chi connectivity index (χ2v) is 6.79. The number of halogens is 1. The molecule has 0 bridgehead atoms. The Balaban J connectivity index is 2.88. The monoisotopic (exact) mass is 316 g/mol. The van der Waals surface area contributed by atoms with E-state index >= 15 is 0 Å². The van der Waals surface area contributed by atoms with Gasteiger partial charge in [-0.2, -0.15) is 5.10 Å². The fourth-order valence-corrected chi connectivity index (χ4v) is 2.67. The van der Waals surface area contributed by atoms with Crippen molar-refractivity contribution in [3.05, 3.63) is 15.9 Å². The van der Waals surface area contributed by atoms with Crippen molar-refractivity contribution in [1.29, 1.82) is 0 Å². The molecule has 1 aromatic rings.